The van der Waals surface area contributed by atoms with Crippen LogP contribution < -0.4 is 9.47 Å². The van der Waals surface area contributed by atoms with Crippen LogP contribution >= 0.6 is 12.4 Å². The van der Waals surface area contributed by atoms with Gasteiger partial charge >= 0.3 is 0 Å². The molecule has 4 nitrogen and oxygen atoms in total. The number of benzene rings is 1. The summed E-state index contributed by atoms with van der Waals surface area (Å²) in [5.41, 5.74) is 1.53. The minimum absolute atomic E-state index is 0. The summed E-state index contributed by atoms with van der Waals surface area (Å²) >= 11 is 0. The summed E-state index contributed by atoms with van der Waals surface area (Å²) in [5.74, 6) is 1.33. The SMILES string of the molecule is COc1ccc(C(=O)Cc2ccc(OC)nc2)cc1.Cl. The molecule has 0 aliphatic heterocycles. The molecular weight excluding hydrogens is 278 g/mol. The highest BCUT2D eigenvalue weighted by Crippen LogP contribution is 2.14. The molecule has 1 aromatic heterocycles. The maximum Gasteiger partial charge on any atom is 0.212 e. The Kier molecular flexibility index (Phi) is 6.00. The Morgan fingerprint density at radius 1 is 1.05 bits per heavy atom. The summed E-state index contributed by atoms with van der Waals surface area (Å²) in [6.07, 6.45) is 1.98. The van der Waals surface area contributed by atoms with Crippen molar-refractivity contribution < 1.29 is 14.3 Å². The Bertz CT molecular complexity index is 552. The molecular formula is C15H16ClNO3. The number of Topliss-reactive ketones (excluding diaryl/α,β-unsaturated/α-hetero) is 1. The van der Waals surface area contributed by atoms with Gasteiger partial charge in [0.25, 0.3) is 0 Å². The monoisotopic (exact) mass is 293 g/mol. The van der Waals surface area contributed by atoms with E-state index in [1.807, 2.05) is 6.07 Å². The Labute approximate surface area is 124 Å². The van der Waals surface area contributed by atoms with Crippen LogP contribution in [0.5, 0.6) is 11.6 Å². The number of methoxy groups -OCH3 is 2. The average molecular weight is 294 g/mol. The number of ether oxygens (including phenoxy) is 2. The van der Waals surface area contributed by atoms with Crippen molar-refractivity contribution in [1.29, 1.82) is 0 Å². The summed E-state index contributed by atoms with van der Waals surface area (Å²) in [5, 5.41) is 0. The van der Waals surface area contributed by atoms with Crippen molar-refractivity contribution in [2.75, 3.05) is 14.2 Å². The average Bonchev–Trinajstić information content (AvgIpc) is 2.48. The van der Waals surface area contributed by atoms with Gasteiger partial charge in [0.15, 0.2) is 5.78 Å². The molecule has 0 N–H and O–H groups in total. The van der Waals surface area contributed by atoms with Gasteiger partial charge in [0.05, 0.1) is 14.2 Å². The van der Waals surface area contributed by atoms with E-state index < -0.39 is 0 Å². The number of ketones is 1. The lowest BCUT2D eigenvalue weighted by atomic mass is 10.0. The molecule has 0 saturated carbocycles. The van der Waals surface area contributed by atoms with Crippen LogP contribution in [0.1, 0.15) is 15.9 Å². The van der Waals surface area contributed by atoms with Gasteiger partial charge in [0.1, 0.15) is 5.75 Å². The molecule has 0 aliphatic rings. The first kappa shape index (κ1) is 16.0. The number of hydrogen-bond donors (Lipinski definition) is 0. The van der Waals surface area contributed by atoms with Crippen LogP contribution in [0, 0.1) is 0 Å². The molecule has 2 aromatic rings. The number of hydrogen-bond acceptors (Lipinski definition) is 4. The van der Waals surface area contributed by atoms with Crippen molar-refractivity contribution in [1.82, 2.24) is 4.98 Å². The van der Waals surface area contributed by atoms with E-state index in [2.05, 4.69) is 4.98 Å². The first-order valence-electron chi connectivity index (χ1n) is 5.89. The number of carbonyl (C=O) groups is 1. The predicted octanol–water partition coefficient (Wildman–Crippen LogP) is 2.95. The first-order chi connectivity index (χ1) is 9.22. The zero-order valence-corrected chi connectivity index (χ0v) is 12.1. The quantitative estimate of drug-likeness (QED) is 0.795. The molecule has 5 heteroatoms. The molecule has 20 heavy (non-hydrogen) atoms. The van der Waals surface area contributed by atoms with Gasteiger partial charge in [-0.15, -0.1) is 12.4 Å². The lowest BCUT2D eigenvalue weighted by molar-refractivity contribution is 0.0993. The number of aromatic nitrogens is 1. The lowest BCUT2D eigenvalue weighted by Gasteiger charge is -2.04. The summed E-state index contributed by atoms with van der Waals surface area (Å²) in [4.78, 5) is 16.1. The fourth-order valence-corrected chi connectivity index (χ4v) is 1.70. The van der Waals surface area contributed by atoms with Gasteiger partial charge in [-0.05, 0) is 29.8 Å². The third-order valence-corrected chi connectivity index (χ3v) is 2.78. The highest BCUT2D eigenvalue weighted by molar-refractivity contribution is 5.97. The summed E-state index contributed by atoms with van der Waals surface area (Å²) in [6, 6.07) is 10.7. The molecule has 106 valence electrons. The van der Waals surface area contributed by atoms with Crippen LogP contribution in [0.15, 0.2) is 42.6 Å². The molecule has 0 saturated heterocycles. The van der Waals surface area contributed by atoms with Crippen molar-refractivity contribution in [2.45, 2.75) is 6.42 Å². The summed E-state index contributed by atoms with van der Waals surface area (Å²) in [7, 11) is 3.16. The number of carbonyl (C=O) groups excluding carboxylic acids is 1. The van der Waals surface area contributed by atoms with Gasteiger partial charge < -0.3 is 9.47 Å². The molecule has 0 fully saturated rings. The van der Waals surface area contributed by atoms with E-state index in [4.69, 9.17) is 9.47 Å². The van der Waals surface area contributed by atoms with Crippen LogP contribution in [-0.4, -0.2) is 25.0 Å². The molecule has 0 bridgehead atoms. The smallest absolute Gasteiger partial charge is 0.212 e. The molecule has 0 radical (unpaired) electrons. The first-order valence-corrected chi connectivity index (χ1v) is 5.89. The van der Waals surface area contributed by atoms with Crippen LogP contribution in [-0.2, 0) is 6.42 Å². The highest BCUT2D eigenvalue weighted by atomic mass is 35.5. The van der Waals surface area contributed by atoms with Crippen LogP contribution in [0.2, 0.25) is 0 Å². The molecule has 0 amide bonds. The predicted molar refractivity (Wildman–Crippen MR) is 79.1 cm³/mol. The normalized spacial score (nSPS) is 9.50. The molecule has 2 rings (SSSR count). The van der Waals surface area contributed by atoms with E-state index in [-0.39, 0.29) is 18.2 Å². The molecule has 1 aromatic carbocycles. The van der Waals surface area contributed by atoms with E-state index in [1.165, 1.54) is 0 Å². The standard InChI is InChI=1S/C15H15NO3.ClH/c1-18-13-6-4-12(5-7-13)14(17)9-11-3-8-15(19-2)16-10-11;/h3-8,10H,9H2,1-2H3;1H. The van der Waals surface area contributed by atoms with E-state index >= 15 is 0 Å². The zero-order chi connectivity index (χ0) is 13.7. The molecule has 0 unspecified atom stereocenters. The lowest BCUT2D eigenvalue weighted by Crippen LogP contribution is -2.04. The Morgan fingerprint density at radius 3 is 2.25 bits per heavy atom. The van der Waals surface area contributed by atoms with E-state index in [0.29, 0.717) is 17.9 Å². The number of halogens is 1. The number of pyridine rings is 1. The minimum atomic E-state index is 0. The van der Waals surface area contributed by atoms with Crippen molar-refractivity contribution in [3.63, 3.8) is 0 Å². The molecule has 0 aliphatic carbocycles. The van der Waals surface area contributed by atoms with Gasteiger partial charge in [-0.25, -0.2) is 4.98 Å². The van der Waals surface area contributed by atoms with Crippen LogP contribution in [0.4, 0.5) is 0 Å². The number of rotatable bonds is 5. The topological polar surface area (TPSA) is 48.4 Å². The van der Waals surface area contributed by atoms with Crippen molar-refractivity contribution in [2.24, 2.45) is 0 Å². The van der Waals surface area contributed by atoms with E-state index in [1.54, 1.807) is 50.7 Å². The van der Waals surface area contributed by atoms with Gasteiger partial charge in [-0.1, -0.05) is 6.07 Å². The van der Waals surface area contributed by atoms with Crippen molar-refractivity contribution in [3.8, 4) is 11.6 Å². The van der Waals surface area contributed by atoms with E-state index in [0.717, 1.165) is 11.3 Å². The second-order valence-corrected chi connectivity index (χ2v) is 4.04. The van der Waals surface area contributed by atoms with Crippen molar-refractivity contribution in [3.05, 3.63) is 53.7 Å². The third kappa shape index (κ3) is 3.96. The van der Waals surface area contributed by atoms with E-state index in [9.17, 15) is 4.79 Å². The molecule has 0 spiro atoms. The largest absolute Gasteiger partial charge is 0.497 e. The summed E-state index contributed by atoms with van der Waals surface area (Å²) < 4.78 is 10.0. The van der Waals surface area contributed by atoms with Gasteiger partial charge in [0, 0.05) is 24.2 Å². The maximum absolute atomic E-state index is 12.1. The second-order valence-electron chi connectivity index (χ2n) is 4.04. The fourth-order valence-electron chi connectivity index (χ4n) is 1.70. The number of nitrogens with zero attached hydrogens (tertiary/aromatic N) is 1. The highest BCUT2D eigenvalue weighted by Gasteiger charge is 2.07. The van der Waals surface area contributed by atoms with Gasteiger partial charge in [0.2, 0.25) is 5.88 Å². The minimum Gasteiger partial charge on any atom is -0.497 e. The zero-order valence-electron chi connectivity index (χ0n) is 11.3. The second kappa shape index (κ2) is 7.50. The Balaban J connectivity index is 0.00000200. The molecule has 0 atom stereocenters. The third-order valence-electron chi connectivity index (χ3n) is 2.78. The van der Waals surface area contributed by atoms with Crippen LogP contribution in [0.25, 0.3) is 0 Å². The van der Waals surface area contributed by atoms with Crippen molar-refractivity contribution >= 4 is 18.2 Å². The Hall–Kier alpha value is -2.07. The fraction of sp³-hybridized carbons (Fsp3) is 0.200. The summed E-state index contributed by atoms with van der Waals surface area (Å²) in [6.45, 7) is 0. The molecule has 1 heterocycles. The maximum atomic E-state index is 12.1. The Morgan fingerprint density at radius 2 is 1.75 bits per heavy atom. The van der Waals surface area contributed by atoms with Crippen LogP contribution in [0.3, 0.4) is 0 Å². The van der Waals surface area contributed by atoms with Gasteiger partial charge in [-0.3, -0.25) is 4.79 Å². The van der Waals surface area contributed by atoms with Gasteiger partial charge in [-0.2, -0.15) is 0 Å².